The maximum Gasteiger partial charge on any atom is 0.257 e. The molecule has 0 bridgehead atoms. The van der Waals surface area contributed by atoms with E-state index < -0.39 is 6.04 Å². The van der Waals surface area contributed by atoms with Crippen molar-refractivity contribution < 1.29 is 14.0 Å². The summed E-state index contributed by atoms with van der Waals surface area (Å²) in [6.45, 7) is 2.03. The van der Waals surface area contributed by atoms with Crippen LogP contribution in [0.3, 0.4) is 0 Å². The van der Waals surface area contributed by atoms with Gasteiger partial charge >= 0.3 is 0 Å². The van der Waals surface area contributed by atoms with E-state index in [0.29, 0.717) is 38.2 Å². The van der Waals surface area contributed by atoms with Crippen molar-refractivity contribution in [2.45, 2.75) is 12.5 Å². The van der Waals surface area contributed by atoms with Gasteiger partial charge in [0.05, 0.1) is 17.9 Å². The highest BCUT2D eigenvalue weighted by Gasteiger charge is 2.27. The first-order valence-corrected chi connectivity index (χ1v) is 8.05. The summed E-state index contributed by atoms with van der Waals surface area (Å²) in [6.07, 6.45) is 3.44. The Kier molecular flexibility index (Phi) is 6.61. The number of amides is 2. The third kappa shape index (κ3) is 4.61. The summed E-state index contributed by atoms with van der Waals surface area (Å²) >= 11 is 0. The molecule has 1 aromatic carbocycles. The zero-order valence-electron chi connectivity index (χ0n) is 13.8. The summed E-state index contributed by atoms with van der Waals surface area (Å²) in [5.41, 5.74) is 7.65. The van der Waals surface area contributed by atoms with Crippen molar-refractivity contribution in [1.82, 2.24) is 9.80 Å². The Hall–Kier alpha value is -2.31. The highest BCUT2D eigenvalue weighted by Crippen LogP contribution is 2.11. The van der Waals surface area contributed by atoms with Crippen molar-refractivity contribution in [2.24, 2.45) is 5.73 Å². The zero-order chi connectivity index (χ0) is 16.9. The van der Waals surface area contributed by atoms with Crippen molar-refractivity contribution >= 4 is 24.2 Å². The molecule has 2 amide bonds. The van der Waals surface area contributed by atoms with E-state index in [1.807, 2.05) is 30.3 Å². The summed E-state index contributed by atoms with van der Waals surface area (Å²) in [5.74, 6) is -0.126. The standard InChI is InChI=1S/C18H21N3O3.ClH/c19-16(12-14-4-2-1-3-5-14)18(23)21-9-7-20(8-10-21)17(22)15-6-11-24-13-15;/h1-6,11,13,16H,7-10,12,19H2;1H/t16-;/m0./s1. The molecule has 0 radical (unpaired) electrons. The SMILES string of the molecule is Cl.N[C@@H](Cc1ccccc1)C(=O)N1CCN(C(=O)c2ccoc2)CC1. The van der Waals surface area contributed by atoms with E-state index in [2.05, 4.69) is 0 Å². The topological polar surface area (TPSA) is 79.8 Å². The first-order valence-electron chi connectivity index (χ1n) is 8.05. The van der Waals surface area contributed by atoms with Crippen LogP contribution in [0.4, 0.5) is 0 Å². The fourth-order valence-corrected chi connectivity index (χ4v) is 2.89. The molecule has 1 saturated heterocycles. The molecule has 0 saturated carbocycles. The van der Waals surface area contributed by atoms with Gasteiger partial charge in [-0.2, -0.15) is 0 Å². The molecule has 134 valence electrons. The molecule has 6 nitrogen and oxygen atoms in total. The van der Waals surface area contributed by atoms with Crippen LogP contribution < -0.4 is 5.73 Å². The Morgan fingerprint density at radius 1 is 1.04 bits per heavy atom. The molecule has 7 heteroatoms. The number of halogens is 1. The highest BCUT2D eigenvalue weighted by atomic mass is 35.5. The van der Waals surface area contributed by atoms with E-state index in [9.17, 15) is 9.59 Å². The fourth-order valence-electron chi connectivity index (χ4n) is 2.89. The lowest BCUT2D eigenvalue weighted by atomic mass is 10.1. The lowest BCUT2D eigenvalue weighted by molar-refractivity contribution is -0.134. The molecule has 1 fully saturated rings. The average Bonchev–Trinajstić information content (AvgIpc) is 3.16. The minimum absolute atomic E-state index is 0. The molecule has 0 spiro atoms. The van der Waals surface area contributed by atoms with Crippen LogP contribution in [0.2, 0.25) is 0 Å². The number of piperazine rings is 1. The maximum absolute atomic E-state index is 12.5. The lowest BCUT2D eigenvalue weighted by Crippen LogP contribution is -2.54. The molecule has 0 aliphatic carbocycles. The molecule has 3 rings (SSSR count). The van der Waals surface area contributed by atoms with Gasteiger partial charge in [0.2, 0.25) is 5.91 Å². The van der Waals surface area contributed by atoms with Gasteiger partial charge in [0.25, 0.3) is 5.91 Å². The molecule has 1 atom stereocenters. The second-order valence-electron chi connectivity index (χ2n) is 5.93. The molecular formula is C18H22ClN3O3. The number of carbonyl (C=O) groups is 2. The van der Waals surface area contributed by atoms with Crippen LogP contribution in [0, 0.1) is 0 Å². The van der Waals surface area contributed by atoms with Gasteiger partial charge in [-0.25, -0.2) is 0 Å². The largest absolute Gasteiger partial charge is 0.472 e. The average molecular weight is 364 g/mol. The normalized spacial score (nSPS) is 15.4. The number of carbonyl (C=O) groups excluding carboxylic acids is 2. The van der Waals surface area contributed by atoms with Crippen molar-refractivity contribution in [3.05, 3.63) is 60.1 Å². The molecule has 1 aliphatic heterocycles. The van der Waals surface area contributed by atoms with E-state index in [1.54, 1.807) is 15.9 Å². The lowest BCUT2D eigenvalue weighted by Gasteiger charge is -2.35. The Balaban J connectivity index is 0.00000225. The van der Waals surface area contributed by atoms with Gasteiger partial charge in [-0.15, -0.1) is 12.4 Å². The van der Waals surface area contributed by atoms with E-state index in [0.717, 1.165) is 5.56 Å². The van der Waals surface area contributed by atoms with Crippen molar-refractivity contribution in [3.8, 4) is 0 Å². The van der Waals surface area contributed by atoms with Gasteiger partial charge < -0.3 is 20.0 Å². The number of nitrogens with two attached hydrogens (primary N) is 1. The second-order valence-corrected chi connectivity index (χ2v) is 5.93. The number of benzene rings is 1. The van der Waals surface area contributed by atoms with Gasteiger partial charge in [0, 0.05) is 26.2 Å². The van der Waals surface area contributed by atoms with Crippen molar-refractivity contribution in [2.75, 3.05) is 26.2 Å². The van der Waals surface area contributed by atoms with E-state index in [1.165, 1.54) is 12.5 Å². The first-order chi connectivity index (χ1) is 11.6. The number of rotatable bonds is 4. The second kappa shape index (κ2) is 8.69. The van der Waals surface area contributed by atoms with E-state index in [-0.39, 0.29) is 24.2 Å². The van der Waals surface area contributed by atoms with Crippen LogP contribution in [-0.2, 0) is 11.2 Å². The summed E-state index contributed by atoms with van der Waals surface area (Å²) in [4.78, 5) is 28.2. The third-order valence-corrected chi connectivity index (χ3v) is 4.26. The predicted molar refractivity (Wildman–Crippen MR) is 96.6 cm³/mol. The van der Waals surface area contributed by atoms with Gasteiger partial charge in [-0.3, -0.25) is 9.59 Å². The molecule has 1 aliphatic rings. The third-order valence-electron chi connectivity index (χ3n) is 4.26. The smallest absolute Gasteiger partial charge is 0.257 e. The zero-order valence-corrected chi connectivity index (χ0v) is 14.7. The first kappa shape index (κ1) is 19.0. The van der Waals surface area contributed by atoms with Crippen LogP contribution in [0.15, 0.2) is 53.3 Å². The number of nitrogens with zero attached hydrogens (tertiary/aromatic N) is 2. The van der Waals surface area contributed by atoms with Crippen LogP contribution >= 0.6 is 12.4 Å². The Morgan fingerprint density at radius 2 is 1.68 bits per heavy atom. The predicted octanol–water partition coefficient (Wildman–Crippen LogP) is 1.56. The van der Waals surface area contributed by atoms with Crippen LogP contribution in [0.25, 0.3) is 0 Å². The van der Waals surface area contributed by atoms with Crippen LogP contribution in [0.1, 0.15) is 15.9 Å². The van der Waals surface area contributed by atoms with Crippen molar-refractivity contribution in [1.29, 1.82) is 0 Å². The summed E-state index contributed by atoms with van der Waals surface area (Å²) in [5, 5.41) is 0. The maximum atomic E-state index is 12.5. The van der Waals surface area contributed by atoms with Gasteiger partial charge in [-0.05, 0) is 18.1 Å². The van der Waals surface area contributed by atoms with Gasteiger partial charge in [0.1, 0.15) is 6.26 Å². The minimum Gasteiger partial charge on any atom is -0.472 e. The Labute approximate surface area is 153 Å². The van der Waals surface area contributed by atoms with Gasteiger partial charge in [0.15, 0.2) is 0 Å². The number of hydrogen-bond acceptors (Lipinski definition) is 4. The van der Waals surface area contributed by atoms with E-state index in [4.69, 9.17) is 10.2 Å². The van der Waals surface area contributed by atoms with Crippen LogP contribution in [-0.4, -0.2) is 53.8 Å². The minimum atomic E-state index is -0.552. The number of furan rings is 1. The summed E-state index contributed by atoms with van der Waals surface area (Å²) in [6, 6.07) is 10.8. The monoisotopic (exact) mass is 363 g/mol. The molecule has 2 heterocycles. The summed E-state index contributed by atoms with van der Waals surface area (Å²) < 4.78 is 4.95. The summed E-state index contributed by atoms with van der Waals surface area (Å²) in [7, 11) is 0. The van der Waals surface area contributed by atoms with Crippen molar-refractivity contribution in [3.63, 3.8) is 0 Å². The van der Waals surface area contributed by atoms with Gasteiger partial charge in [-0.1, -0.05) is 30.3 Å². The number of hydrogen-bond donors (Lipinski definition) is 1. The van der Waals surface area contributed by atoms with Crippen LogP contribution in [0.5, 0.6) is 0 Å². The molecule has 2 aromatic rings. The Bertz CT molecular complexity index is 683. The quantitative estimate of drug-likeness (QED) is 0.893. The van der Waals surface area contributed by atoms with E-state index >= 15 is 0 Å². The molecule has 1 aromatic heterocycles. The molecular weight excluding hydrogens is 342 g/mol. The fraction of sp³-hybridized carbons (Fsp3) is 0.333. The highest BCUT2D eigenvalue weighted by molar-refractivity contribution is 5.94. The molecule has 0 unspecified atom stereocenters. The molecule has 2 N–H and O–H groups in total. The Morgan fingerprint density at radius 3 is 2.28 bits per heavy atom. The molecule has 25 heavy (non-hydrogen) atoms.